The second-order valence-electron chi connectivity index (χ2n) is 5.99. The Morgan fingerprint density at radius 3 is 2.96 bits per heavy atom. The molecule has 0 saturated carbocycles. The van der Waals surface area contributed by atoms with Crippen LogP contribution >= 0.6 is 0 Å². The number of urea groups is 1. The van der Waals surface area contributed by atoms with Gasteiger partial charge < -0.3 is 10.2 Å². The summed E-state index contributed by atoms with van der Waals surface area (Å²) in [7, 11) is 2.13. The van der Waals surface area contributed by atoms with E-state index in [1.807, 2.05) is 30.5 Å². The Morgan fingerprint density at radius 2 is 2.29 bits per heavy atom. The van der Waals surface area contributed by atoms with Gasteiger partial charge in [-0.1, -0.05) is 25.2 Å². The molecule has 0 fully saturated rings. The van der Waals surface area contributed by atoms with E-state index < -0.39 is 0 Å². The summed E-state index contributed by atoms with van der Waals surface area (Å²) in [5.41, 5.74) is 1.81. The first-order valence-corrected chi connectivity index (χ1v) is 8.29. The molecular formula is C19H26N4O. The van der Waals surface area contributed by atoms with Crippen LogP contribution in [0.15, 0.2) is 65.1 Å². The third-order valence-electron chi connectivity index (χ3n) is 3.90. The minimum atomic E-state index is -0.381. The van der Waals surface area contributed by atoms with Crippen molar-refractivity contribution in [3.63, 3.8) is 0 Å². The Balaban J connectivity index is 2.13. The molecule has 0 saturated heterocycles. The van der Waals surface area contributed by atoms with Gasteiger partial charge in [0.15, 0.2) is 0 Å². The zero-order chi connectivity index (χ0) is 17.4. The maximum Gasteiger partial charge on any atom is 0.351 e. The van der Waals surface area contributed by atoms with Crippen molar-refractivity contribution in [3.8, 4) is 0 Å². The van der Waals surface area contributed by atoms with Crippen LogP contribution in [-0.2, 0) is 0 Å². The van der Waals surface area contributed by atoms with Crippen molar-refractivity contribution in [1.82, 2.24) is 15.1 Å². The highest BCUT2D eigenvalue weighted by atomic mass is 16.2. The molecule has 0 aromatic rings. The molecule has 2 aliphatic rings. The monoisotopic (exact) mass is 326 g/mol. The second kappa shape index (κ2) is 9.03. The van der Waals surface area contributed by atoms with E-state index in [2.05, 4.69) is 48.1 Å². The molecule has 2 amide bonds. The Labute approximate surface area is 144 Å². The van der Waals surface area contributed by atoms with Crippen molar-refractivity contribution in [2.24, 2.45) is 10.9 Å². The largest absolute Gasteiger partial charge is 0.387 e. The molecule has 2 rings (SSSR count). The van der Waals surface area contributed by atoms with Crippen LogP contribution in [0.2, 0.25) is 0 Å². The van der Waals surface area contributed by atoms with Gasteiger partial charge in [0.05, 0.1) is 0 Å². The van der Waals surface area contributed by atoms with Crippen LogP contribution in [0.3, 0.4) is 0 Å². The zero-order valence-corrected chi connectivity index (χ0v) is 14.5. The van der Waals surface area contributed by atoms with Gasteiger partial charge in [-0.15, -0.1) is 0 Å². The van der Waals surface area contributed by atoms with Gasteiger partial charge in [-0.3, -0.25) is 4.90 Å². The number of hydrogen-bond acceptors (Lipinski definition) is 3. The van der Waals surface area contributed by atoms with Crippen LogP contribution in [0, 0.1) is 5.92 Å². The number of nitrogens with one attached hydrogen (secondary N) is 1. The molecule has 128 valence electrons. The summed E-state index contributed by atoms with van der Waals surface area (Å²) < 4.78 is 0. The van der Waals surface area contributed by atoms with Gasteiger partial charge in [0.2, 0.25) is 0 Å². The van der Waals surface area contributed by atoms with E-state index in [9.17, 15) is 4.79 Å². The Bertz CT molecular complexity index is 613. The number of carbonyl (C=O) groups excluding carboxylic acids is 1. The van der Waals surface area contributed by atoms with Crippen molar-refractivity contribution in [3.05, 3.63) is 60.1 Å². The first-order valence-electron chi connectivity index (χ1n) is 8.29. The van der Waals surface area contributed by atoms with Gasteiger partial charge in [0, 0.05) is 30.9 Å². The lowest BCUT2D eigenvalue weighted by Crippen LogP contribution is -2.25. The van der Waals surface area contributed by atoms with E-state index in [1.54, 1.807) is 11.1 Å². The van der Waals surface area contributed by atoms with Crippen LogP contribution < -0.4 is 5.32 Å². The third kappa shape index (κ3) is 5.06. The van der Waals surface area contributed by atoms with E-state index in [-0.39, 0.29) is 6.03 Å². The van der Waals surface area contributed by atoms with E-state index in [0.717, 1.165) is 30.8 Å². The number of carbonyl (C=O) groups is 1. The summed E-state index contributed by atoms with van der Waals surface area (Å²) in [4.78, 5) is 19.6. The summed E-state index contributed by atoms with van der Waals surface area (Å²) in [6.45, 7) is 8.30. The summed E-state index contributed by atoms with van der Waals surface area (Å²) in [6, 6.07) is -0.381. The highest BCUT2D eigenvalue weighted by Gasteiger charge is 2.16. The smallest absolute Gasteiger partial charge is 0.351 e. The van der Waals surface area contributed by atoms with Crippen molar-refractivity contribution < 1.29 is 4.79 Å². The molecule has 1 unspecified atom stereocenters. The third-order valence-corrected chi connectivity index (χ3v) is 3.90. The fraction of sp³-hybridized carbons (Fsp3) is 0.368. The van der Waals surface area contributed by atoms with E-state index in [1.165, 1.54) is 0 Å². The lowest BCUT2D eigenvalue weighted by molar-refractivity contribution is 0.234. The molecule has 0 radical (unpaired) electrons. The molecule has 0 aromatic carbocycles. The maximum atomic E-state index is 12.2. The van der Waals surface area contributed by atoms with E-state index in [4.69, 9.17) is 0 Å². The number of hydrogen-bond donors (Lipinski definition) is 1. The number of allylic oxidation sites excluding steroid dienone is 3. The fourth-order valence-electron chi connectivity index (χ4n) is 2.73. The van der Waals surface area contributed by atoms with Crippen LogP contribution in [-0.4, -0.2) is 49.2 Å². The van der Waals surface area contributed by atoms with E-state index in [0.29, 0.717) is 12.5 Å². The molecular weight excluding hydrogens is 300 g/mol. The Hall–Kier alpha value is -2.40. The topological polar surface area (TPSA) is 47.9 Å². The van der Waals surface area contributed by atoms with Gasteiger partial charge in [0.1, 0.15) is 0 Å². The van der Waals surface area contributed by atoms with Gasteiger partial charge >= 0.3 is 6.03 Å². The van der Waals surface area contributed by atoms with Crippen LogP contribution in [0.5, 0.6) is 0 Å². The molecule has 1 heterocycles. The van der Waals surface area contributed by atoms with E-state index >= 15 is 0 Å². The molecule has 0 bridgehead atoms. The van der Waals surface area contributed by atoms with Gasteiger partial charge in [-0.2, -0.15) is 0 Å². The Morgan fingerprint density at radius 1 is 1.46 bits per heavy atom. The van der Waals surface area contributed by atoms with Crippen LogP contribution in [0.1, 0.15) is 13.3 Å². The van der Waals surface area contributed by atoms with Crippen LogP contribution in [0.25, 0.3) is 0 Å². The first kappa shape index (κ1) is 17.9. The van der Waals surface area contributed by atoms with Gasteiger partial charge in [-0.05, 0) is 56.7 Å². The number of rotatable bonds is 6. The number of amides is 2. The van der Waals surface area contributed by atoms with Crippen molar-refractivity contribution in [2.45, 2.75) is 13.3 Å². The summed E-state index contributed by atoms with van der Waals surface area (Å²) in [5.74, 6) is 0.324. The predicted octanol–water partition coefficient (Wildman–Crippen LogP) is 3.08. The number of aliphatic imine (C=N–C) groups is 1. The predicted molar refractivity (Wildman–Crippen MR) is 99.7 cm³/mol. The highest BCUT2D eigenvalue weighted by Crippen LogP contribution is 2.18. The minimum Gasteiger partial charge on any atom is -0.387 e. The molecule has 0 aromatic heterocycles. The average Bonchev–Trinajstić information content (AvgIpc) is 2.98. The quantitative estimate of drug-likeness (QED) is 0.763. The fourth-order valence-corrected chi connectivity index (χ4v) is 2.73. The summed E-state index contributed by atoms with van der Waals surface area (Å²) >= 11 is 0. The highest BCUT2D eigenvalue weighted by molar-refractivity contribution is 5.82. The molecule has 5 heteroatoms. The standard InChI is InChI=1S/C19H26N4O/c1-4-12-22(3)14-16-6-5-7-18(9-8-16)23(19(24)20-2)15-17-10-11-21-13-17/h5-11,15-16,21H,2,4,12-14H2,1,3H3/b17-15-. The maximum absolute atomic E-state index is 12.2. The second-order valence-corrected chi connectivity index (χ2v) is 5.99. The minimum absolute atomic E-state index is 0.324. The molecule has 1 atom stereocenters. The average molecular weight is 326 g/mol. The lowest BCUT2D eigenvalue weighted by Gasteiger charge is -2.19. The molecule has 1 aliphatic heterocycles. The SMILES string of the molecule is C=NC(=O)N(/C=C1/C=CNC1)C1=CC=CC(CN(C)CCC)C=C1. The number of nitrogens with zero attached hydrogens (tertiary/aromatic N) is 3. The van der Waals surface area contributed by atoms with Crippen LogP contribution in [0.4, 0.5) is 4.79 Å². The Kier molecular flexibility index (Phi) is 6.75. The summed E-state index contributed by atoms with van der Waals surface area (Å²) in [5, 5.41) is 3.10. The summed E-state index contributed by atoms with van der Waals surface area (Å²) in [6.07, 6.45) is 17.0. The lowest BCUT2D eigenvalue weighted by atomic mass is 10.1. The first-order chi connectivity index (χ1) is 11.6. The van der Waals surface area contributed by atoms with Crippen molar-refractivity contribution >= 4 is 12.7 Å². The molecule has 1 aliphatic carbocycles. The molecule has 1 N–H and O–H groups in total. The van der Waals surface area contributed by atoms with Crippen molar-refractivity contribution in [1.29, 1.82) is 0 Å². The molecule has 5 nitrogen and oxygen atoms in total. The molecule has 0 spiro atoms. The zero-order valence-electron chi connectivity index (χ0n) is 14.5. The van der Waals surface area contributed by atoms with Gasteiger partial charge in [-0.25, -0.2) is 9.79 Å². The normalized spacial score (nSPS) is 20.9. The van der Waals surface area contributed by atoms with Gasteiger partial charge in [0.25, 0.3) is 0 Å². The molecule has 24 heavy (non-hydrogen) atoms. The van der Waals surface area contributed by atoms with Crippen molar-refractivity contribution in [2.75, 3.05) is 26.7 Å².